The van der Waals surface area contributed by atoms with Gasteiger partial charge in [-0.3, -0.25) is 0 Å². The van der Waals surface area contributed by atoms with Gasteiger partial charge in [-0.25, -0.2) is 0 Å². The minimum atomic E-state index is 0.626. The van der Waals surface area contributed by atoms with E-state index in [0.29, 0.717) is 5.56 Å². The average Bonchev–Trinajstić information content (AvgIpc) is 4.07. The Kier molecular flexibility index (Phi) is 7.38. The predicted molar refractivity (Wildman–Crippen MR) is 260 cm³/mol. The van der Waals surface area contributed by atoms with Gasteiger partial charge in [-0.05, 0) is 109 Å². The van der Waals surface area contributed by atoms with Gasteiger partial charge in [0.1, 0.15) is 0 Å². The number of nitriles is 1. The summed E-state index contributed by atoms with van der Waals surface area (Å²) in [5, 5.41) is 19.7. The minimum Gasteiger partial charge on any atom is -0.309 e. The molecule has 0 N–H and O–H groups in total. The maximum absolute atomic E-state index is 9.90. The van der Waals surface area contributed by atoms with Crippen molar-refractivity contribution in [3.63, 3.8) is 0 Å². The van der Waals surface area contributed by atoms with Crippen LogP contribution in [0.15, 0.2) is 194 Å². The summed E-state index contributed by atoms with van der Waals surface area (Å²) in [4.78, 5) is 2.41. The summed E-state index contributed by atoms with van der Waals surface area (Å²) in [5.41, 5.74) is 10.5. The quantitative estimate of drug-likeness (QED) is 0.174. The third kappa shape index (κ3) is 5.03. The van der Waals surface area contributed by atoms with Crippen LogP contribution in [0.5, 0.6) is 0 Å². The molecule has 4 heterocycles. The maximum atomic E-state index is 9.90. The number of nitrogens with zero attached hydrogens (tertiary/aromatic N) is 4. The number of hydrogen-bond acceptors (Lipinski definition) is 4. The van der Waals surface area contributed by atoms with Gasteiger partial charge < -0.3 is 14.0 Å². The van der Waals surface area contributed by atoms with E-state index in [2.05, 4.69) is 202 Å². The Hall–Kier alpha value is -7.69. The van der Waals surface area contributed by atoms with Crippen molar-refractivity contribution >= 4 is 124 Å². The molecule has 0 atom stereocenters. The highest BCUT2D eigenvalue weighted by Gasteiger charge is 2.25. The van der Waals surface area contributed by atoms with Crippen LogP contribution >= 0.6 is 22.7 Å². The van der Waals surface area contributed by atoms with Crippen molar-refractivity contribution < 1.29 is 0 Å². The average molecular weight is 813 g/mol. The van der Waals surface area contributed by atoms with E-state index in [4.69, 9.17) is 0 Å². The lowest BCUT2D eigenvalue weighted by Crippen LogP contribution is -2.11. The van der Waals surface area contributed by atoms with Gasteiger partial charge in [-0.15, -0.1) is 22.7 Å². The van der Waals surface area contributed by atoms with E-state index >= 15 is 0 Å². The third-order valence-corrected chi connectivity index (χ3v) is 14.6. The molecule has 0 saturated heterocycles. The molecule has 0 saturated carbocycles. The van der Waals surface area contributed by atoms with Gasteiger partial charge in [0.25, 0.3) is 0 Å². The van der Waals surface area contributed by atoms with E-state index in [1.54, 1.807) is 0 Å². The van der Waals surface area contributed by atoms with Crippen molar-refractivity contribution in [2.45, 2.75) is 0 Å². The Bertz CT molecular complexity index is 3740. The normalized spacial score (nSPS) is 11.9. The van der Waals surface area contributed by atoms with E-state index in [0.717, 1.165) is 61.3 Å². The molecule has 13 rings (SSSR count). The van der Waals surface area contributed by atoms with Crippen LogP contribution in [0.3, 0.4) is 0 Å². The van der Waals surface area contributed by atoms with Crippen LogP contribution in [0.1, 0.15) is 5.56 Å². The van der Waals surface area contributed by atoms with Crippen LogP contribution in [-0.4, -0.2) is 9.13 Å². The van der Waals surface area contributed by atoms with Gasteiger partial charge in [0, 0.05) is 79.0 Å². The molecule has 0 aliphatic carbocycles. The van der Waals surface area contributed by atoms with E-state index < -0.39 is 0 Å². The molecular formula is C55H32N4S2. The molecule has 0 aliphatic rings. The van der Waals surface area contributed by atoms with Gasteiger partial charge >= 0.3 is 0 Å². The highest BCUT2D eigenvalue weighted by molar-refractivity contribution is 7.26. The van der Waals surface area contributed by atoms with Crippen molar-refractivity contribution in [1.29, 1.82) is 5.26 Å². The summed E-state index contributed by atoms with van der Waals surface area (Å²) in [6, 6.07) is 72.5. The zero-order valence-corrected chi connectivity index (χ0v) is 34.2. The number of anilines is 3. The molecule has 4 nitrogen and oxygen atoms in total. The summed E-state index contributed by atoms with van der Waals surface area (Å²) in [6.07, 6.45) is 0. The second kappa shape index (κ2) is 13.2. The van der Waals surface area contributed by atoms with E-state index in [-0.39, 0.29) is 0 Å². The lowest BCUT2D eigenvalue weighted by atomic mass is 10.0. The molecule has 0 spiro atoms. The molecule has 0 radical (unpaired) electrons. The molecule has 0 bridgehead atoms. The maximum Gasteiger partial charge on any atom is 0.0991 e. The van der Waals surface area contributed by atoms with E-state index in [1.807, 2.05) is 34.8 Å². The molecule has 284 valence electrons. The van der Waals surface area contributed by atoms with Crippen LogP contribution in [0.2, 0.25) is 0 Å². The first-order valence-electron chi connectivity index (χ1n) is 20.4. The molecule has 61 heavy (non-hydrogen) atoms. The molecule has 0 unspecified atom stereocenters. The lowest BCUT2D eigenvalue weighted by molar-refractivity contribution is 1.18. The predicted octanol–water partition coefficient (Wildman–Crippen LogP) is 16.0. The first-order chi connectivity index (χ1) is 30.2. The highest BCUT2D eigenvalue weighted by atomic mass is 32.1. The Labute approximate surface area is 358 Å². The second-order valence-electron chi connectivity index (χ2n) is 15.6. The summed E-state index contributed by atoms with van der Waals surface area (Å²) >= 11 is 3.69. The first-order valence-corrected chi connectivity index (χ1v) is 22.0. The summed E-state index contributed by atoms with van der Waals surface area (Å²) < 4.78 is 10.0. The molecule has 0 amide bonds. The zero-order valence-electron chi connectivity index (χ0n) is 32.6. The van der Waals surface area contributed by atoms with Crippen LogP contribution in [0.25, 0.3) is 95.3 Å². The fraction of sp³-hybridized carbons (Fsp3) is 0. The lowest BCUT2D eigenvalue weighted by Gasteiger charge is -2.27. The summed E-state index contributed by atoms with van der Waals surface area (Å²) in [7, 11) is 0. The topological polar surface area (TPSA) is 36.9 Å². The number of rotatable bonds is 5. The fourth-order valence-electron chi connectivity index (χ4n) is 9.73. The fourth-order valence-corrected chi connectivity index (χ4v) is 11.9. The molecule has 6 heteroatoms. The minimum absolute atomic E-state index is 0.626. The van der Waals surface area contributed by atoms with Crippen molar-refractivity contribution in [1.82, 2.24) is 9.13 Å². The SMILES string of the molecule is N#Cc1ccc(N(c2cccc3c2c2ccccc2n3-c2ccc3sc4ccccc4c3c2)c2cccc3c2c2ccccc2n3-c2ccc3sc4ccccc4c3c2)cc1. The van der Waals surface area contributed by atoms with Crippen molar-refractivity contribution in [2.24, 2.45) is 0 Å². The van der Waals surface area contributed by atoms with Crippen LogP contribution in [-0.2, 0) is 0 Å². The zero-order chi connectivity index (χ0) is 40.2. The molecule has 0 aliphatic heterocycles. The number of para-hydroxylation sites is 2. The molecule has 13 aromatic rings. The molecule has 4 aromatic heterocycles. The Morgan fingerprint density at radius 2 is 0.803 bits per heavy atom. The number of hydrogen-bond donors (Lipinski definition) is 0. The standard InChI is InChI=1S/C55H32N4S2/c56-33-34-23-25-35(26-24-34)57(46-17-9-19-48-54(46)40-13-1-5-15-44(40)58(48)36-27-29-52-42(31-36)38-11-3-7-21-50(38)60-52)47-18-10-20-49-55(47)41-14-2-6-16-45(41)59(49)37-28-30-53-43(32-37)39-12-4-8-22-51(39)61-53/h1-32H. The second-order valence-corrected chi connectivity index (χ2v) is 17.8. The van der Waals surface area contributed by atoms with E-state index in [9.17, 15) is 5.26 Å². The Balaban J connectivity index is 1.10. The van der Waals surface area contributed by atoms with Crippen LogP contribution in [0.4, 0.5) is 17.1 Å². The number of thiophene rings is 2. The number of fused-ring (bicyclic) bond motifs is 12. The van der Waals surface area contributed by atoms with Crippen molar-refractivity contribution in [2.75, 3.05) is 4.90 Å². The molecular weight excluding hydrogens is 781 g/mol. The highest BCUT2D eigenvalue weighted by Crippen LogP contribution is 2.48. The number of aromatic nitrogens is 2. The van der Waals surface area contributed by atoms with Crippen LogP contribution in [0, 0.1) is 11.3 Å². The van der Waals surface area contributed by atoms with Crippen molar-refractivity contribution in [3.8, 4) is 17.4 Å². The van der Waals surface area contributed by atoms with Gasteiger partial charge in [0.15, 0.2) is 0 Å². The summed E-state index contributed by atoms with van der Waals surface area (Å²) in [6.45, 7) is 0. The Morgan fingerprint density at radius 1 is 0.377 bits per heavy atom. The molecule has 0 fully saturated rings. The monoisotopic (exact) mass is 812 g/mol. The van der Waals surface area contributed by atoms with Gasteiger partial charge in [0.2, 0.25) is 0 Å². The van der Waals surface area contributed by atoms with Gasteiger partial charge in [-0.1, -0.05) is 84.9 Å². The van der Waals surface area contributed by atoms with Crippen LogP contribution < -0.4 is 4.90 Å². The first kappa shape index (κ1) is 34.2. The smallest absolute Gasteiger partial charge is 0.0991 e. The van der Waals surface area contributed by atoms with Gasteiger partial charge in [-0.2, -0.15) is 5.26 Å². The number of benzene rings is 9. The summed E-state index contributed by atoms with van der Waals surface area (Å²) in [5.74, 6) is 0. The largest absolute Gasteiger partial charge is 0.309 e. The van der Waals surface area contributed by atoms with E-state index in [1.165, 1.54) is 51.1 Å². The van der Waals surface area contributed by atoms with Crippen molar-refractivity contribution in [3.05, 3.63) is 200 Å². The molecule has 9 aromatic carbocycles. The van der Waals surface area contributed by atoms with Gasteiger partial charge in [0.05, 0.1) is 45.1 Å². The Morgan fingerprint density at radius 3 is 1.30 bits per heavy atom. The third-order valence-electron chi connectivity index (χ3n) is 12.3.